The van der Waals surface area contributed by atoms with Gasteiger partial charge in [0, 0.05) is 0 Å². The minimum absolute atomic E-state index is 0.193. The van der Waals surface area contributed by atoms with E-state index < -0.39 is 6.10 Å². The molecule has 0 saturated heterocycles. The summed E-state index contributed by atoms with van der Waals surface area (Å²) < 4.78 is 5.68. The molecule has 1 aliphatic rings. The zero-order valence-corrected chi connectivity index (χ0v) is 9.65. The van der Waals surface area contributed by atoms with Crippen molar-refractivity contribution < 1.29 is 9.84 Å². The third-order valence-corrected chi connectivity index (χ3v) is 2.94. The summed E-state index contributed by atoms with van der Waals surface area (Å²) in [6, 6.07) is 8.18. The van der Waals surface area contributed by atoms with Crippen molar-refractivity contribution in [1.82, 2.24) is 0 Å². The summed E-state index contributed by atoms with van der Waals surface area (Å²) in [7, 11) is 0. The quantitative estimate of drug-likeness (QED) is 0.790. The second-order valence-electron chi connectivity index (χ2n) is 4.47. The van der Waals surface area contributed by atoms with Crippen LogP contribution in [0.1, 0.15) is 30.6 Å². The van der Waals surface area contributed by atoms with Gasteiger partial charge in [-0.25, -0.2) is 0 Å². The van der Waals surface area contributed by atoms with E-state index in [1.807, 2.05) is 25.1 Å². The fraction of sp³-hybridized carbons (Fsp3) is 0.429. The number of fused-ring (bicyclic) bond motifs is 1. The average Bonchev–Trinajstić information content (AvgIpc) is 2.27. The Morgan fingerprint density at radius 3 is 3.06 bits per heavy atom. The molecule has 0 aromatic heterocycles. The van der Waals surface area contributed by atoms with E-state index in [9.17, 15) is 5.11 Å². The lowest BCUT2D eigenvalue weighted by Crippen LogP contribution is -2.27. The number of hydrogen-bond acceptors (Lipinski definition) is 2. The third kappa shape index (κ3) is 2.34. The Kier molecular flexibility index (Phi) is 3.42. The molecule has 0 spiro atoms. The Labute approximate surface area is 96.6 Å². The van der Waals surface area contributed by atoms with Crippen molar-refractivity contribution >= 4 is 0 Å². The summed E-state index contributed by atoms with van der Waals surface area (Å²) >= 11 is 0. The highest BCUT2D eigenvalue weighted by atomic mass is 16.5. The van der Waals surface area contributed by atoms with Gasteiger partial charge in [-0.2, -0.15) is 0 Å². The van der Waals surface area contributed by atoms with Gasteiger partial charge in [0.25, 0.3) is 0 Å². The van der Waals surface area contributed by atoms with Crippen LogP contribution in [0.4, 0.5) is 0 Å². The van der Waals surface area contributed by atoms with Crippen LogP contribution < -0.4 is 0 Å². The van der Waals surface area contributed by atoms with Crippen molar-refractivity contribution in [3.63, 3.8) is 0 Å². The number of aliphatic hydroxyl groups is 1. The van der Waals surface area contributed by atoms with Gasteiger partial charge in [0.1, 0.15) is 6.10 Å². The lowest BCUT2D eigenvalue weighted by atomic mass is 9.92. The molecule has 1 heterocycles. The van der Waals surface area contributed by atoms with Gasteiger partial charge in [0.05, 0.1) is 12.7 Å². The van der Waals surface area contributed by atoms with Crippen LogP contribution in [0.5, 0.6) is 0 Å². The van der Waals surface area contributed by atoms with Crippen molar-refractivity contribution in [2.24, 2.45) is 0 Å². The SMILES string of the molecule is C=C(C)CC(O)C1OCCc2ccccc21. The highest BCUT2D eigenvalue weighted by Crippen LogP contribution is 2.31. The Balaban J connectivity index is 2.21. The molecule has 0 amide bonds. The Hall–Kier alpha value is -1.12. The molecule has 0 fully saturated rings. The summed E-state index contributed by atoms with van der Waals surface area (Å²) in [5, 5.41) is 10.1. The van der Waals surface area contributed by atoms with Crippen LogP contribution in [-0.2, 0) is 11.2 Å². The first-order valence-electron chi connectivity index (χ1n) is 5.70. The van der Waals surface area contributed by atoms with Gasteiger partial charge in [0.2, 0.25) is 0 Å². The molecule has 0 aliphatic carbocycles. The van der Waals surface area contributed by atoms with E-state index in [4.69, 9.17) is 4.74 Å². The van der Waals surface area contributed by atoms with Crippen molar-refractivity contribution in [1.29, 1.82) is 0 Å². The van der Waals surface area contributed by atoms with Crippen molar-refractivity contribution in [3.8, 4) is 0 Å². The molecule has 0 saturated carbocycles. The predicted molar refractivity (Wildman–Crippen MR) is 64.3 cm³/mol. The fourth-order valence-corrected chi connectivity index (χ4v) is 2.21. The maximum Gasteiger partial charge on any atom is 0.109 e. The highest BCUT2D eigenvalue weighted by molar-refractivity contribution is 5.31. The van der Waals surface area contributed by atoms with Crippen LogP contribution in [0.25, 0.3) is 0 Å². The summed E-state index contributed by atoms with van der Waals surface area (Å²) in [6.45, 7) is 6.45. The van der Waals surface area contributed by atoms with Crippen molar-refractivity contribution in [2.45, 2.75) is 32.0 Å². The highest BCUT2D eigenvalue weighted by Gasteiger charge is 2.26. The first-order valence-corrected chi connectivity index (χ1v) is 5.70. The normalized spacial score (nSPS) is 21.2. The van der Waals surface area contributed by atoms with Crippen LogP contribution in [-0.4, -0.2) is 17.8 Å². The molecule has 1 aromatic carbocycles. The molecule has 1 aromatic rings. The monoisotopic (exact) mass is 218 g/mol. The van der Waals surface area contributed by atoms with E-state index >= 15 is 0 Å². The molecule has 86 valence electrons. The summed E-state index contributed by atoms with van der Waals surface area (Å²) in [5.41, 5.74) is 3.40. The van der Waals surface area contributed by atoms with E-state index in [0.29, 0.717) is 13.0 Å². The predicted octanol–water partition coefficient (Wildman–Crippen LogP) is 2.63. The zero-order chi connectivity index (χ0) is 11.5. The van der Waals surface area contributed by atoms with Gasteiger partial charge in [-0.3, -0.25) is 0 Å². The van der Waals surface area contributed by atoms with Crippen molar-refractivity contribution in [3.05, 3.63) is 47.5 Å². The molecule has 0 bridgehead atoms. The van der Waals surface area contributed by atoms with Crippen LogP contribution >= 0.6 is 0 Å². The Bertz CT molecular complexity index is 384. The molecule has 2 heteroatoms. The van der Waals surface area contributed by atoms with Gasteiger partial charge in [-0.05, 0) is 30.9 Å². The Morgan fingerprint density at radius 1 is 1.56 bits per heavy atom. The second kappa shape index (κ2) is 4.81. The first-order chi connectivity index (χ1) is 7.68. The summed E-state index contributed by atoms with van der Waals surface area (Å²) in [6.07, 6.45) is 0.853. The summed E-state index contributed by atoms with van der Waals surface area (Å²) in [5.74, 6) is 0. The molecule has 1 aliphatic heterocycles. The number of aliphatic hydroxyl groups excluding tert-OH is 1. The molecule has 1 N–H and O–H groups in total. The van der Waals surface area contributed by atoms with E-state index in [1.165, 1.54) is 5.56 Å². The molecule has 2 nitrogen and oxygen atoms in total. The van der Waals surface area contributed by atoms with Gasteiger partial charge in [-0.1, -0.05) is 29.8 Å². The number of rotatable bonds is 3. The lowest BCUT2D eigenvalue weighted by Gasteiger charge is -2.29. The molecular weight excluding hydrogens is 200 g/mol. The molecule has 2 atom stereocenters. The number of hydrogen-bond donors (Lipinski definition) is 1. The Morgan fingerprint density at radius 2 is 2.31 bits per heavy atom. The molecule has 2 rings (SSSR count). The van der Waals surface area contributed by atoms with E-state index in [0.717, 1.165) is 17.6 Å². The third-order valence-electron chi connectivity index (χ3n) is 2.94. The van der Waals surface area contributed by atoms with Gasteiger partial charge in [-0.15, -0.1) is 6.58 Å². The maximum absolute atomic E-state index is 10.1. The smallest absolute Gasteiger partial charge is 0.109 e. The lowest BCUT2D eigenvalue weighted by molar-refractivity contribution is -0.0459. The van der Waals surface area contributed by atoms with Gasteiger partial charge < -0.3 is 9.84 Å². The number of ether oxygens (including phenoxy) is 1. The van der Waals surface area contributed by atoms with E-state index in [2.05, 4.69) is 12.6 Å². The fourth-order valence-electron chi connectivity index (χ4n) is 2.21. The number of benzene rings is 1. The molecular formula is C14H18O2. The average molecular weight is 218 g/mol. The standard InChI is InChI=1S/C14H18O2/c1-10(2)9-13(15)14-12-6-4-3-5-11(12)7-8-16-14/h3-6,13-15H,1,7-9H2,2H3. The molecule has 0 radical (unpaired) electrons. The molecule has 2 unspecified atom stereocenters. The minimum atomic E-state index is -0.487. The largest absolute Gasteiger partial charge is 0.390 e. The second-order valence-corrected chi connectivity index (χ2v) is 4.47. The topological polar surface area (TPSA) is 29.5 Å². The van der Waals surface area contributed by atoms with Crippen LogP contribution in [0.3, 0.4) is 0 Å². The van der Waals surface area contributed by atoms with Gasteiger partial charge >= 0.3 is 0 Å². The minimum Gasteiger partial charge on any atom is -0.390 e. The zero-order valence-electron chi connectivity index (χ0n) is 9.65. The summed E-state index contributed by atoms with van der Waals surface area (Å²) in [4.78, 5) is 0. The van der Waals surface area contributed by atoms with Crippen LogP contribution in [0, 0.1) is 0 Å². The van der Waals surface area contributed by atoms with Crippen LogP contribution in [0.15, 0.2) is 36.4 Å². The van der Waals surface area contributed by atoms with Crippen molar-refractivity contribution in [2.75, 3.05) is 6.61 Å². The van der Waals surface area contributed by atoms with Crippen LogP contribution in [0.2, 0.25) is 0 Å². The maximum atomic E-state index is 10.1. The van der Waals surface area contributed by atoms with E-state index in [1.54, 1.807) is 0 Å². The van der Waals surface area contributed by atoms with Gasteiger partial charge in [0.15, 0.2) is 0 Å². The van der Waals surface area contributed by atoms with E-state index in [-0.39, 0.29) is 6.10 Å². The first kappa shape index (κ1) is 11.4. The molecule has 16 heavy (non-hydrogen) atoms.